The van der Waals surface area contributed by atoms with Crippen molar-refractivity contribution in [1.82, 2.24) is 9.88 Å². The fraction of sp³-hybridized carbons (Fsp3) is 0.320. The van der Waals surface area contributed by atoms with E-state index in [1.54, 1.807) is 4.90 Å². The minimum atomic E-state index is -0.510. The highest BCUT2D eigenvalue weighted by molar-refractivity contribution is 6.06. The second kappa shape index (κ2) is 9.08. The van der Waals surface area contributed by atoms with Crippen LogP contribution in [0.3, 0.4) is 0 Å². The van der Waals surface area contributed by atoms with Crippen molar-refractivity contribution in [3.63, 3.8) is 0 Å². The van der Waals surface area contributed by atoms with Crippen LogP contribution >= 0.6 is 0 Å². The van der Waals surface area contributed by atoms with Crippen LogP contribution in [0.4, 0.5) is 0 Å². The molecular weight excluding hydrogens is 376 g/mol. The maximum atomic E-state index is 13.1. The van der Waals surface area contributed by atoms with Crippen LogP contribution in [0, 0.1) is 6.92 Å². The van der Waals surface area contributed by atoms with Gasteiger partial charge in [0.1, 0.15) is 0 Å². The van der Waals surface area contributed by atoms with Gasteiger partial charge in [-0.25, -0.2) is 9.78 Å². The number of carbonyl (C=O) groups is 2. The summed E-state index contributed by atoms with van der Waals surface area (Å²) in [6, 6.07) is 17.3. The standard InChI is InChI=1S/C25H28N2O3/c1-16(2)27(17(3)4)22(28)15-30-25(29)23-18(5)24(19-11-7-6-8-12-19)26-21-14-10-9-13-20(21)23/h6-14,16-17H,15H2,1-5H3. The number of esters is 1. The monoisotopic (exact) mass is 404 g/mol. The molecule has 2 aromatic carbocycles. The number of nitrogens with zero attached hydrogens (tertiary/aromatic N) is 2. The van der Waals surface area contributed by atoms with Gasteiger partial charge in [0.25, 0.3) is 5.91 Å². The number of ether oxygens (including phenoxy) is 1. The van der Waals surface area contributed by atoms with Crippen LogP contribution in [0.5, 0.6) is 0 Å². The molecule has 0 bridgehead atoms. The Kier molecular flexibility index (Phi) is 6.50. The van der Waals surface area contributed by atoms with Crippen molar-refractivity contribution in [3.8, 4) is 11.3 Å². The van der Waals surface area contributed by atoms with E-state index in [0.29, 0.717) is 11.1 Å². The molecule has 0 N–H and O–H groups in total. The summed E-state index contributed by atoms with van der Waals surface area (Å²) in [4.78, 5) is 32.2. The predicted octanol–water partition coefficient (Wildman–Crippen LogP) is 5.01. The molecular formula is C25H28N2O3. The van der Waals surface area contributed by atoms with Gasteiger partial charge in [-0.2, -0.15) is 0 Å². The van der Waals surface area contributed by atoms with E-state index in [4.69, 9.17) is 9.72 Å². The number of benzene rings is 2. The van der Waals surface area contributed by atoms with Gasteiger partial charge in [0, 0.05) is 23.0 Å². The minimum absolute atomic E-state index is 0.0318. The second-order valence-electron chi connectivity index (χ2n) is 7.91. The van der Waals surface area contributed by atoms with E-state index < -0.39 is 5.97 Å². The summed E-state index contributed by atoms with van der Waals surface area (Å²) in [6.07, 6.45) is 0. The maximum absolute atomic E-state index is 13.1. The fourth-order valence-corrected chi connectivity index (χ4v) is 3.89. The Labute approximate surface area is 177 Å². The molecule has 0 aliphatic carbocycles. The van der Waals surface area contributed by atoms with E-state index in [2.05, 4.69) is 0 Å². The molecule has 0 fully saturated rings. The second-order valence-corrected chi connectivity index (χ2v) is 7.91. The van der Waals surface area contributed by atoms with Crippen LogP contribution < -0.4 is 0 Å². The van der Waals surface area contributed by atoms with Crippen LogP contribution in [-0.4, -0.2) is 40.5 Å². The Balaban J connectivity index is 1.97. The van der Waals surface area contributed by atoms with Gasteiger partial charge in [0.05, 0.1) is 16.8 Å². The molecule has 0 atom stereocenters. The summed E-state index contributed by atoms with van der Waals surface area (Å²) in [5.74, 6) is -0.711. The van der Waals surface area contributed by atoms with Crippen LogP contribution in [0.2, 0.25) is 0 Å². The molecule has 0 saturated carbocycles. The van der Waals surface area contributed by atoms with Crippen LogP contribution in [0.25, 0.3) is 22.2 Å². The van der Waals surface area contributed by atoms with E-state index in [-0.39, 0.29) is 24.6 Å². The van der Waals surface area contributed by atoms with Gasteiger partial charge in [0.15, 0.2) is 6.61 Å². The zero-order chi connectivity index (χ0) is 21.8. The zero-order valence-electron chi connectivity index (χ0n) is 18.2. The van der Waals surface area contributed by atoms with Gasteiger partial charge >= 0.3 is 5.97 Å². The summed E-state index contributed by atoms with van der Waals surface area (Å²) in [5.41, 5.74) is 3.57. The Morgan fingerprint density at radius 3 is 2.17 bits per heavy atom. The van der Waals surface area contributed by atoms with E-state index in [1.807, 2.05) is 89.2 Å². The molecule has 30 heavy (non-hydrogen) atoms. The molecule has 5 nitrogen and oxygen atoms in total. The van der Waals surface area contributed by atoms with E-state index in [9.17, 15) is 9.59 Å². The number of carbonyl (C=O) groups excluding carboxylic acids is 2. The van der Waals surface area contributed by atoms with Crippen molar-refractivity contribution in [2.45, 2.75) is 46.7 Å². The number of hydrogen-bond acceptors (Lipinski definition) is 4. The van der Waals surface area contributed by atoms with Gasteiger partial charge in [-0.15, -0.1) is 0 Å². The number of para-hydroxylation sites is 1. The predicted molar refractivity (Wildman–Crippen MR) is 119 cm³/mol. The molecule has 1 amide bonds. The first kappa shape index (κ1) is 21.5. The summed E-state index contributed by atoms with van der Waals surface area (Å²) >= 11 is 0. The lowest BCUT2D eigenvalue weighted by Crippen LogP contribution is -2.44. The molecule has 1 aromatic heterocycles. The van der Waals surface area contributed by atoms with E-state index in [0.717, 1.165) is 22.2 Å². The average molecular weight is 405 g/mol. The van der Waals surface area contributed by atoms with Crippen molar-refractivity contribution in [3.05, 3.63) is 65.7 Å². The van der Waals surface area contributed by atoms with Gasteiger partial charge < -0.3 is 9.64 Å². The molecule has 0 saturated heterocycles. The van der Waals surface area contributed by atoms with Crippen molar-refractivity contribution >= 4 is 22.8 Å². The van der Waals surface area contributed by atoms with Crippen LogP contribution in [0.15, 0.2) is 54.6 Å². The third kappa shape index (κ3) is 4.35. The number of fused-ring (bicyclic) bond motifs is 1. The van der Waals surface area contributed by atoms with Gasteiger partial charge in [0.2, 0.25) is 0 Å². The summed E-state index contributed by atoms with van der Waals surface area (Å²) in [7, 11) is 0. The summed E-state index contributed by atoms with van der Waals surface area (Å²) < 4.78 is 5.49. The Hall–Kier alpha value is -3.21. The van der Waals surface area contributed by atoms with Crippen molar-refractivity contribution in [2.75, 3.05) is 6.61 Å². The topological polar surface area (TPSA) is 59.5 Å². The molecule has 0 unspecified atom stereocenters. The molecule has 0 radical (unpaired) electrons. The molecule has 3 rings (SSSR count). The minimum Gasteiger partial charge on any atom is -0.452 e. The molecule has 0 spiro atoms. The zero-order valence-corrected chi connectivity index (χ0v) is 18.2. The van der Waals surface area contributed by atoms with Crippen molar-refractivity contribution in [1.29, 1.82) is 0 Å². The number of pyridine rings is 1. The lowest BCUT2D eigenvalue weighted by molar-refractivity contribution is -0.138. The van der Waals surface area contributed by atoms with E-state index >= 15 is 0 Å². The Bertz CT molecular complexity index is 1050. The third-order valence-corrected chi connectivity index (χ3v) is 5.11. The normalized spacial score (nSPS) is 11.2. The highest BCUT2D eigenvalue weighted by Gasteiger charge is 2.24. The highest BCUT2D eigenvalue weighted by Crippen LogP contribution is 2.30. The highest BCUT2D eigenvalue weighted by atomic mass is 16.5. The van der Waals surface area contributed by atoms with Crippen molar-refractivity contribution < 1.29 is 14.3 Å². The van der Waals surface area contributed by atoms with Crippen molar-refractivity contribution in [2.24, 2.45) is 0 Å². The molecule has 0 aliphatic rings. The lowest BCUT2D eigenvalue weighted by atomic mass is 9.98. The number of hydrogen-bond donors (Lipinski definition) is 0. The number of rotatable bonds is 6. The number of aromatic nitrogens is 1. The Morgan fingerprint density at radius 1 is 0.933 bits per heavy atom. The smallest absolute Gasteiger partial charge is 0.339 e. The maximum Gasteiger partial charge on any atom is 0.339 e. The molecule has 156 valence electrons. The van der Waals surface area contributed by atoms with Gasteiger partial charge in [-0.3, -0.25) is 4.79 Å². The van der Waals surface area contributed by atoms with Gasteiger partial charge in [-0.1, -0.05) is 48.5 Å². The largest absolute Gasteiger partial charge is 0.452 e. The quantitative estimate of drug-likeness (QED) is 0.542. The molecule has 0 aliphatic heterocycles. The summed E-state index contributed by atoms with van der Waals surface area (Å²) in [5, 5.41) is 0.719. The lowest BCUT2D eigenvalue weighted by Gasteiger charge is -2.30. The van der Waals surface area contributed by atoms with Crippen LogP contribution in [-0.2, 0) is 9.53 Å². The van der Waals surface area contributed by atoms with Crippen LogP contribution in [0.1, 0.15) is 43.6 Å². The molecule has 5 heteroatoms. The molecule has 3 aromatic rings. The number of amides is 1. The molecule has 1 heterocycles. The first-order valence-electron chi connectivity index (χ1n) is 10.2. The fourth-order valence-electron chi connectivity index (χ4n) is 3.89. The SMILES string of the molecule is Cc1c(-c2ccccc2)nc2ccccc2c1C(=O)OCC(=O)N(C(C)C)C(C)C. The third-order valence-electron chi connectivity index (χ3n) is 5.11. The first-order valence-corrected chi connectivity index (χ1v) is 10.2. The Morgan fingerprint density at radius 2 is 1.53 bits per heavy atom. The van der Waals surface area contributed by atoms with Gasteiger partial charge in [-0.05, 0) is 46.2 Å². The summed E-state index contributed by atoms with van der Waals surface area (Å²) in [6.45, 7) is 9.39. The van der Waals surface area contributed by atoms with E-state index in [1.165, 1.54) is 0 Å². The first-order chi connectivity index (χ1) is 14.3. The average Bonchev–Trinajstić information content (AvgIpc) is 2.71.